The quantitative estimate of drug-likeness (QED) is 0.501. The van der Waals surface area contributed by atoms with E-state index < -0.39 is 44.2 Å². The number of anilines is 1. The molecule has 0 spiro atoms. The maximum atomic E-state index is 12.7. The molecule has 0 atom stereocenters. The van der Waals surface area contributed by atoms with Crippen LogP contribution in [0.2, 0.25) is 0 Å². The molecule has 1 amide bonds. The number of carbonyl (C=O) groups is 2. The van der Waals surface area contributed by atoms with Gasteiger partial charge in [0.15, 0.2) is 0 Å². The van der Waals surface area contributed by atoms with Gasteiger partial charge in [0.1, 0.15) is 5.69 Å². The molecule has 0 radical (unpaired) electrons. The highest BCUT2D eigenvalue weighted by molar-refractivity contribution is 9.10. The lowest BCUT2D eigenvalue weighted by Crippen LogP contribution is -2.22. The van der Waals surface area contributed by atoms with E-state index in [1.165, 1.54) is 6.92 Å². The van der Waals surface area contributed by atoms with Crippen molar-refractivity contribution in [3.63, 3.8) is 0 Å². The van der Waals surface area contributed by atoms with Gasteiger partial charge in [0.05, 0.1) is 10.5 Å². The zero-order valence-corrected chi connectivity index (χ0v) is 12.0. The van der Waals surface area contributed by atoms with Crippen molar-refractivity contribution in [1.82, 2.24) is 0 Å². The number of nitro benzene ring substituents is 1. The predicted octanol–water partition coefficient (Wildman–Crippen LogP) is 3.29. The molecule has 1 aromatic rings. The van der Waals surface area contributed by atoms with Crippen molar-refractivity contribution in [1.29, 1.82) is 0 Å². The Kier molecular flexibility index (Phi) is 5.05. The van der Waals surface area contributed by atoms with Gasteiger partial charge in [0.25, 0.3) is 11.6 Å². The summed E-state index contributed by atoms with van der Waals surface area (Å²) in [5.74, 6) is -2.11. The molecule has 0 aliphatic heterocycles. The van der Waals surface area contributed by atoms with Crippen LogP contribution in [-0.2, 0) is 15.8 Å². The summed E-state index contributed by atoms with van der Waals surface area (Å²) in [6.45, 7) is 1.37. The van der Waals surface area contributed by atoms with Crippen LogP contribution in [0.1, 0.15) is 18.9 Å². The van der Waals surface area contributed by atoms with E-state index in [2.05, 4.69) is 15.9 Å². The van der Waals surface area contributed by atoms with Crippen LogP contribution in [0.3, 0.4) is 0 Å². The summed E-state index contributed by atoms with van der Waals surface area (Å²) in [7, 11) is 0. The molecule has 21 heavy (non-hydrogen) atoms. The number of alkyl halides is 3. The van der Waals surface area contributed by atoms with Gasteiger partial charge in [-0.25, -0.2) is 0 Å². The molecule has 114 valence electrons. The van der Waals surface area contributed by atoms with E-state index in [1.54, 1.807) is 0 Å². The fraction of sp³-hybridized carbons (Fsp3) is 0.273. The number of amides is 1. The Labute approximate surface area is 124 Å². The Bertz CT molecular complexity index is 616. The van der Waals surface area contributed by atoms with E-state index in [1.807, 2.05) is 5.32 Å². The molecule has 0 aliphatic carbocycles. The maximum Gasteiger partial charge on any atom is 0.417 e. The fourth-order valence-electron chi connectivity index (χ4n) is 1.38. The number of hydrogen-bond donors (Lipinski definition) is 1. The van der Waals surface area contributed by atoms with Crippen molar-refractivity contribution in [3.05, 3.63) is 32.3 Å². The van der Waals surface area contributed by atoms with Gasteiger partial charge in [-0.05, 0) is 22.0 Å². The van der Waals surface area contributed by atoms with Gasteiger partial charge < -0.3 is 5.32 Å². The van der Waals surface area contributed by atoms with Crippen molar-refractivity contribution >= 4 is 39.0 Å². The van der Waals surface area contributed by atoms with Gasteiger partial charge in [-0.15, -0.1) is 0 Å². The summed E-state index contributed by atoms with van der Waals surface area (Å²) in [4.78, 5) is 32.4. The van der Waals surface area contributed by atoms with Crippen LogP contribution in [0.4, 0.5) is 24.5 Å². The zero-order chi connectivity index (χ0) is 16.4. The Morgan fingerprint density at radius 1 is 1.38 bits per heavy atom. The summed E-state index contributed by atoms with van der Waals surface area (Å²) >= 11 is 2.59. The number of nitrogens with one attached hydrogen (secondary N) is 1. The largest absolute Gasteiger partial charge is 0.417 e. The first-order chi connectivity index (χ1) is 9.57. The minimum atomic E-state index is -4.78. The number of ketones is 1. The zero-order valence-electron chi connectivity index (χ0n) is 10.5. The van der Waals surface area contributed by atoms with Gasteiger partial charge >= 0.3 is 6.18 Å². The molecule has 0 heterocycles. The van der Waals surface area contributed by atoms with Crippen LogP contribution in [0.5, 0.6) is 0 Å². The first kappa shape index (κ1) is 17.1. The Balaban J connectivity index is 3.37. The minimum absolute atomic E-state index is 0.178. The van der Waals surface area contributed by atoms with Crippen molar-refractivity contribution in [2.24, 2.45) is 0 Å². The number of Topliss-reactive ketones (excluding diaryl/α,β-unsaturated/α-hetero) is 1. The topological polar surface area (TPSA) is 89.3 Å². The average molecular weight is 369 g/mol. The van der Waals surface area contributed by atoms with Crippen LogP contribution in [0, 0.1) is 10.1 Å². The summed E-state index contributed by atoms with van der Waals surface area (Å²) in [6.07, 6.45) is -4.95. The predicted molar refractivity (Wildman–Crippen MR) is 69.7 cm³/mol. The van der Waals surface area contributed by atoms with Crippen molar-refractivity contribution < 1.29 is 27.7 Å². The van der Waals surface area contributed by atoms with Crippen LogP contribution in [-0.4, -0.2) is 16.6 Å². The Morgan fingerprint density at radius 2 is 1.95 bits per heavy atom. The molecule has 0 saturated carbocycles. The Hall–Kier alpha value is -1.97. The second kappa shape index (κ2) is 6.20. The van der Waals surface area contributed by atoms with Crippen molar-refractivity contribution in [3.8, 4) is 0 Å². The third kappa shape index (κ3) is 4.00. The van der Waals surface area contributed by atoms with Crippen molar-refractivity contribution in [2.75, 3.05) is 5.32 Å². The monoisotopic (exact) mass is 368 g/mol. The van der Waals surface area contributed by atoms with Gasteiger partial charge in [-0.1, -0.05) is 6.92 Å². The van der Waals surface area contributed by atoms with Crippen molar-refractivity contribution in [2.45, 2.75) is 19.5 Å². The molecule has 0 saturated heterocycles. The first-order valence-corrected chi connectivity index (χ1v) is 6.26. The lowest BCUT2D eigenvalue weighted by molar-refractivity contribution is -0.384. The molecule has 1 rings (SSSR count). The first-order valence-electron chi connectivity index (χ1n) is 5.47. The van der Waals surface area contributed by atoms with Gasteiger partial charge in [-0.3, -0.25) is 19.7 Å². The molecule has 10 heteroatoms. The van der Waals surface area contributed by atoms with E-state index in [-0.39, 0.29) is 6.42 Å². The number of hydrogen-bond acceptors (Lipinski definition) is 4. The van der Waals surface area contributed by atoms with Crippen LogP contribution in [0.25, 0.3) is 0 Å². The molecule has 0 aliphatic rings. The smallest absolute Gasteiger partial charge is 0.314 e. The number of benzene rings is 1. The lowest BCUT2D eigenvalue weighted by Gasteiger charge is -2.12. The molecule has 0 bridgehead atoms. The number of carbonyl (C=O) groups excluding carboxylic acids is 2. The highest BCUT2D eigenvalue weighted by atomic mass is 79.9. The minimum Gasteiger partial charge on any atom is -0.314 e. The molecule has 1 aromatic carbocycles. The standard InChI is InChI=1S/C11H8BrF3N2O4/c1-2-9(18)10(19)16-7-3-5(11(13,14)15)6(12)4-8(7)17(20)21/h3-4H,2H2,1H3,(H,16,19). The molecule has 1 N–H and O–H groups in total. The Morgan fingerprint density at radius 3 is 2.38 bits per heavy atom. The molecule has 0 fully saturated rings. The molecule has 0 aromatic heterocycles. The van der Waals surface area contributed by atoms with E-state index in [4.69, 9.17) is 0 Å². The van der Waals surface area contributed by atoms with E-state index in [0.717, 1.165) is 0 Å². The number of halogens is 4. The SMILES string of the molecule is CCC(=O)C(=O)Nc1cc(C(F)(F)F)c(Br)cc1[N+](=O)[O-]. The normalized spacial score (nSPS) is 11.1. The third-order valence-electron chi connectivity index (χ3n) is 2.41. The molecular formula is C11H8BrF3N2O4. The van der Waals surface area contributed by atoms with E-state index in [0.29, 0.717) is 12.1 Å². The number of rotatable bonds is 4. The highest BCUT2D eigenvalue weighted by Gasteiger charge is 2.35. The molecule has 6 nitrogen and oxygen atoms in total. The second-order valence-corrected chi connectivity index (χ2v) is 4.69. The lowest BCUT2D eigenvalue weighted by atomic mass is 10.1. The highest BCUT2D eigenvalue weighted by Crippen LogP contribution is 2.40. The second-order valence-electron chi connectivity index (χ2n) is 3.83. The summed E-state index contributed by atoms with van der Waals surface area (Å²) < 4.78 is 37.7. The van der Waals surface area contributed by atoms with E-state index in [9.17, 15) is 32.9 Å². The van der Waals surface area contributed by atoms with Crippen LogP contribution < -0.4 is 5.32 Å². The summed E-state index contributed by atoms with van der Waals surface area (Å²) in [5.41, 5.74) is -2.65. The maximum absolute atomic E-state index is 12.7. The molecule has 0 unspecified atom stereocenters. The van der Waals surface area contributed by atoms with Crippen LogP contribution in [0.15, 0.2) is 16.6 Å². The van der Waals surface area contributed by atoms with Gasteiger partial charge in [0, 0.05) is 17.0 Å². The fourth-order valence-corrected chi connectivity index (χ4v) is 1.94. The summed E-state index contributed by atoms with van der Waals surface area (Å²) in [6, 6.07) is 1.03. The average Bonchev–Trinajstić information content (AvgIpc) is 2.37. The summed E-state index contributed by atoms with van der Waals surface area (Å²) in [5, 5.41) is 12.7. The number of nitrogens with zero attached hydrogens (tertiary/aromatic N) is 1. The molecular weight excluding hydrogens is 361 g/mol. The van der Waals surface area contributed by atoms with E-state index >= 15 is 0 Å². The van der Waals surface area contributed by atoms with Crippen LogP contribution >= 0.6 is 15.9 Å². The third-order valence-corrected chi connectivity index (χ3v) is 3.07. The van der Waals surface area contributed by atoms with Gasteiger partial charge in [-0.2, -0.15) is 13.2 Å². The van der Waals surface area contributed by atoms with Gasteiger partial charge in [0.2, 0.25) is 5.78 Å². The number of nitro groups is 1.